The Labute approximate surface area is 142 Å². The summed E-state index contributed by atoms with van der Waals surface area (Å²) in [5, 5.41) is 2.87. The molecule has 0 aliphatic heterocycles. The van der Waals surface area contributed by atoms with Crippen molar-refractivity contribution in [3.8, 4) is 0 Å². The van der Waals surface area contributed by atoms with E-state index < -0.39 is 0 Å². The van der Waals surface area contributed by atoms with Gasteiger partial charge in [-0.1, -0.05) is 20.8 Å². The smallest absolute Gasteiger partial charge is 0.221 e. The van der Waals surface area contributed by atoms with Gasteiger partial charge in [0, 0.05) is 31.0 Å². The molecular formula is C17H35BN2O3. The Bertz CT molecular complexity index is 395. The fourth-order valence-electron chi connectivity index (χ4n) is 2.13. The maximum absolute atomic E-state index is 12.1. The highest BCUT2D eigenvalue weighted by Gasteiger charge is 2.29. The van der Waals surface area contributed by atoms with Crippen LogP contribution < -0.4 is 5.32 Å². The Balaban J connectivity index is 4.29. The Morgan fingerprint density at radius 1 is 1.17 bits per heavy atom. The molecule has 0 atom stereocenters. The molecule has 0 saturated carbocycles. The Hall–Kier alpha value is -1.04. The lowest BCUT2D eigenvalue weighted by atomic mass is 9.92. The van der Waals surface area contributed by atoms with Crippen LogP contribution in [0.4, 0.5) is 0 Å². The van der Waals surface area contributed by atoms with Crippen molar-refractivity contribution in [1.82, 2.24) is 10.1 Å². The number of hydrogen-bond donors (Lipinski definition) is 1. The molecule has 0 aromatic carbocycles. The molecule has 0 aliphatic carbocycles. The number of carbonyl (C=O) groups is 2. The van der Waals surface area contributed by atoms with Crippen molar-refractivity contribution in [1.29, 1.82) is 0 Å². The van der Waals surface area contributed by atoms with E-state index in [9.17, 15) is 9.59 Å². The number of hydrogen-bond acceptors (Lipinski definition) is 3. The van der Waals surface area contributed by atoms with Crippen molar-refractivity contribution in [2.75, 3.05) is 13.2 Å². The molecule has 23 heavy (non-hydrogen) atoms. The van der Waals surface area contributed by atoms with E-state index in [1.54, 1.807) is 0 Å². The van der Waals surface area contributed by atoms with Crippen LogP contribution in [0.5, 0.6) is 0 Å². The minimum absolute atomic E-state index is 0.00110. The van der Waals surface area contributed by atoms with E-state index in [2.05, 4.69) is 19.2 Å². The van der Waals surface area contributed by atoms with Gasteiger partial charge in [0.05, 0.1) is 5.60 Å². The minimum atomic E-state index is -0.294. The minimum Gasteiger partial charge on any atom is -0.389 e. The van der Waals surface area contributed by atoms with Gasteiger partial charge >= 0.3 is 0 Å². The first kappa shape index (κ1) is 22.0. The van der Waals surface area contributed by atoms with E-state index in [1.165, 1.54) is 0 Å². The second kappa shape index (κ2) is 9.31. The van der Waals surface area contributed by atoms with Crippen molar-refractivity contribution < 1.29 is 14.3 Å². The van der Waals surface area contributed by atoms with Gasteiger partial charge in [-0.2, -0.15) is 0 Å². The van der Waals surface area contributed by atoms with Crippen molar-refractivity contribution in [2.24, 2.45) is 5.92 Å². The number of carbonyl (C=O) groups excluding carboxylic acids is 2. The summed E-state index contributed by atoms with van der Waals surface area (Å²) in [6.07, 6.45) is 2.04. The van der Waals surface area contributed by atoms with Crippen LogP contribution in [0, 0.1) is 5.92 Å². The molecule has 1 N–H and O–H groups in total. The molecule has 0 rings (SSSR count). The van der Waals surface area contributed by atoms with Crippen LogP contribution in [0.25, 0.3) is 0 Å². The molecule has 5 nitrogen and oxygen atoms in total. The normalized spacial score (nSPS) is 12.3. The molecule has 6 heteroatoms. The molecule has 134 valence electrons. The SMILES string of the molecule is BN(C(=O)C(C)C)C(C)(C)CCOC(C)(C)CCNC(=O)CC. The zero-order chi connectivity index (χ0) is 18.3. The van der Waals surface area contributed by atoms with Crippen LogP contribution in [-0.4, -0.2) is 48.9 Å². The van der Waals surface area contributed by atoms with E-state index in [-0.39, 0.29) is 28.9 Å². The number of rotatable bonds is 10. The number of ether oxygens (including phenoxy) is 1. The third kappa shape index (κ3) is 8.40. The van der Waals surface area contributed by atoms with Gasteiger partial charge in [0.25, 0.3) is 0 Å². The van der Waals surface area contributed by atoms with Crippen LogP contribution in [-0.2, 0) is 14.3 Å². The molecule has 2 amide bonds. The fourth-order valence-corrected chi connectivity index (χ4v) is 2.13. The Morgan fingerprint density at radius 3 is 2.22 bits per heavy atom. The lowest BCUT2D eigenvalue weighted by Gasteiger charge is -2.38. The van der Waals surface area contributed by atoms with E-state index in [0.29, 0.717) is 19.6 Å². The molecule has 0 aromatic heterocycles. The summed E-state index contributed by atoms with van der Waals surface area (Å²) in [6, 6.07) is 0. The van der Waals surface area contributed by atoms with E-state index in [4.69, 9.17) is 4.74 Å². The summed E-state index contributed by atoms with van der Waals surface area (Å²) in [4.78, 5) is 25.2. The quantitative estimate of drug-likeness (QED) is 0.624. The van der Waals surface area contributed by atoms with Gasteiger partial charge in [0.1, 0.15) is 0 Å². The second-order valence-corrected chi connectivity index (χ2v) is 7.68. The predicted octanol–water partition coefficient (Wildman–Crippen LogP) is 1.90. The largest absolute Gasteiger partial charge is 0.389 e. The summed E-state index contributed by atoms with van der Waals surface area (Å²) in [5.74, 6) is 0.214. The highest BCUT2D eigenvalue weighted by Crippen LogP contribution is 2.21. The van der Waals surface area contributed by atoms with E-state index in [1.807, 2.05) is 47.4 Å². The van der Waals surface area contributed by atoms with Crippen molar-refractivity contribution >= 4 is 19.8 Å². The van der Waals surface area contributed by atoms with Gasteiger partial charge in [0.2, 0.25) is 19.8 Å². The third-order valence-electron chi connectivity index (χ3n) is 4.31. The third-order valence-corrected chi connectivity index (χ3v) is 4.31. The summed E-state index contributed by atoms with van der Waals surface area (Å²) in [5.41, 5.74) is -0.536. The topological polar surface area (TPSA) is 58.6 Å². The Kier molecular flexibility index (Phi) is 8.89. The maximum atomic E-state index is 12.1. The van der Waals surface area contributed by atoms with Crippen LogP contribution in [0.3, 0.4) is 0 Å². The number of nitrogens with one attached hydrogen (secondary N) is 1. The van der Waals surface area contributed by atoms with Gasteiger partial charge in [0.15, 0.2) is 0 Å². The second-order valence-electron chi connectivity index (χ2n) is 7.68. The van der Waals surface area contributed by atoms with Crippen molar-refractivity contribution in [3.63, 3.8) is 0 Å². The standard InChI is InChI=1S/C17H35BN2O3/c1-8-14(21)19-11-9-17(6,7)23-12-10-16(4,5)20(18)15(22)13(2)3/h13H,8-12,18H2,1-7H3,(H,19,21). The van der Waals surface area contributed by atoms with Gasteiger partial charge < -0.3 is 14.9 Å². The summed E-state index contributed by atoms with van der Waals surface area (Å²) < 4.78 is 5.98. The molecule has 0 radical (unpaired) electrons. The molecule has 0 aliphatic rings. The first-order chi connectivity index (χ1) is 10.4. The molecule has 0 spiro atoms. The molecule has 0 bridgehead atoms. The molecule has 0 saturated heterocycles. The molecular weight excluding hydrogens is 291 g/mol. The van der Waals surface area contributed by atoms with Crippen LogP contribution >= 0.6 is 0 Å². The Morgan fingerprint density at radius 2 is 1.74 bits per heavy atom. The highest BCUT2D eigenvalue weighted by molar-refractivity contribution is 6.15. The molecule has 0 heterocycles. The van der Waals surface area contributed by atoms with Crippen LogP contribution in [0.15, 0.2) is 0 Å². The monoisotopic (exact) mass is 326 g/mol. The predicted molar refractivity (Wildman–Crippen MR) is 96.9 cm³/mol. The average Bonchev–Trinajstić information content (AvgIpc) is 2.44. The first-order valence-electron chi connectivity index (χ1n) is 8.61. The average molecular weight is 326 g/mol. The zero-order valence-corrected chi connectivity index (χ0v) is 16.3. The molecule has 0 aromatic rings. The van der Waals surface area contributed by atoms with Gasteiger partial charge in [-0.15, -0.1) is 0 Å². The highest BCUT2D eigenvalue weighted by atomic mass is 16.5. The zero-order valence-electron chi connectivity index (χ0n) is 16.3. The number of nitrogens with zero attached hydrogens (tertiary/aromatic N) is 1. The van der Waals surface area contributed by atoms with Crippen LogP contribution in [0.2, 0.25) is 0 Å². The lowest BCUT2D eigenvalue weighted by molar-refractivity contribution is -0.134. The van der Waals surface area contributed by atoms with E-state index in [0.717, 1.165) is 12.8 Å². The fraction of sp³-hybridized carbons (Fsp3) is 0.882. The van der Waals surface area contributed by atoms with E-state index >= 15 is 0 Å². The van der Waals surface area contributed by atoms with Crippen molar-refractivity contribution in [3.05, 3.63) is 0 Å². The first-order valence-corrected chi connectivity index (χ1v) is 8.61. The molecule has 0 fully saturated rings. The van der Waals surface area contributed by atoms with Crippen LogP contribution in [0.1, 0.15) is 67.7 Å². The maximum Gasteiger partial charge on any atom is 0.221 e. The van der Waals surface area contributed by atoms with Gasteiger partial charge in [-0.05, 0) is 40.5 Å². The lowest BCUT2D eigenvalue weighted by Crippen LogP contribution is -2.48. The van der Waals surface area contributed by atoms with Crippen molar-refractivity contribution in [2.45, 2.75) is 78.9 Å². The summed E-state index contributed by atoms with van der Waals surface area (Å²) in [7, 11) is 1.85. The van der Waals surface area contributed by atoms with Gasteiger partial charge in [-0.25, -0.2) is 0 Å². The number of amides is 2. The summed E-state index contributed by atoms with van der Waals surface area (Å²) >= 11 is 0. The van der Waals surface area contributed by atoms with Gasteiger partial charge in [-0.3, -0.25) is 9.59 Å². The molecule has 0 unspecified atom stereocenters. The summed E-state index contributed by atoms with van der Waals surface area (Å²) in [6.45, 7) is 15.1.